The van der Waals surface area contributed by atoms with Crippen molar-refractivity contribution < 1.29 is 24.1 Å². The molecule has 1 heterocycles. The Hall–Kier alpha value is -5.13. The Balaban J connectivity index is 0.000000170. The van der Waals surface area contributed by atoms with Gasteiger partial charge in [0.05, 0.1) is 17.6 Å². The Morgan fingerprint density at radius 1 is 0.741 bits per heavy atom. The first-order valence-corrected chi connectivity index (χ1v) is 19.5. The van der Waals surface area contributed by atoms with Crippen LogP contribution in [-0.2, 0) is 11.2 Å². The molecule has 6 atom stereocenters. The summed E-state index contributed by atoms with van der Waals surface area (Å²) in [4.78, 5) is 11.7. The molecular formula is C49H54O5. The van der Waals surface area contributed by atoms with Crippen molar-refractivity contribution in [3.63, 3.8) is 0 Å². The van der Waals surface area contributed by atoms with Crippen molar-refractivity contribution in [2.45, 2.75) is 98.1 Å². The quantitative estimate of drug-likeness (QED) is 0.125. The predicted molar refractivity (Wildman–Crippen MR) is 221 cm³/mol. The summed E-state index contributed by atoms with van der Waals surface area (Å²) in [6.07, 6.45) is 2.87. The number of ketones is 1. The van der Waals surface area contributed by atoms with Gasteiger partial charge in [-0.1, -0.05) is 120 Å². The summed E-state index contributed by atoms with van der Waals surface area (Å²) in [6, 6.07) is 40.8. The van der Waals surface area contributed by atoms with E-state index in [1.54, 1.807) is 12.1 Å². The minimum Gasteiger partial charge on any atom is -0.508 e. The van der Waals surface area contributed by atoms with Crippen LogP contribution < -0.4 is 9.47 Å². The van der Waals surface area contributed by atoms with Crippen LogP contribution in [0.3, 0.4) is 0 Å². The average Bonchev–Trinajstić information content (AvgIpc) is 3.54. The monoisotopic (exact) mass is 722 g/mol. The van der Waals surface area contributed by atoms with Gasteiger partial charge >= 0.3 is 0 Å². The summed E-state index contributed by atoms with van der Waals surface area (Å²) in [7, 11) is 0. The smallest absolute Gasteiger partial charge is 0.197 e. The summed E-state index contributed by atoms with van der Waals surface area (Å²) in [5.41, 5.74) is 6.01. The molecule has 6 aromatic carbocycles. The third kappa shape index (κ3) is 8.63. The number of phenols is 1. The van der Waals surface area contributed by atoms with Gasteiger partial charge < -0.3 is 19.3 Å². The summed E-state index contributed by atoms with van der Waals surface area (Å²) >= 11 is 0. The van der Waals surface area contributed by atoms with Gasteiger partial charge in [0, 0.05) is 6.42 Å². The fourth-order valence-electron chi connectivity index (χ4n) is 7.28. The van der Waals surface area contributed by atoms with E-state index < -0.39 is 0 Å². The molecule has 280 valence electrons. The van der Waals surface area contributed by atoms with Gasteiger partial charge in [-0.2, -0.15) is 0 Å². The lowest BCUT2D eigenvalue weighted by Crippen LogP contribution is -2.33. The number of carbonyl (C=O) groups is 1. The van der Waals surface area contributed by atoms with Crippen molar-refractivity contribution in [1.82, 2.24) is 0 Å². The first kappa shape index (κ1) is 38.6. The normalized spacial score (nSPS) is 18.6. The number of phenolic OH excluding ortho intramolecular Hbond substituents is 1. The van der Waals surface area contributed by atoms with E-state index in [1.165, 1.54) is 43.8 Å². The molecule has 6 unspecified atom stereocenters. The van der Waals surface area contributed by atoms with Crippen LogP contribution in [0.25, 0.3) is 21.5 Å². The van der Waals surface area contributed by atoms with Crippen LogP contribution in [0.2, 0.25) is 0 Å². The second-order valence-corrected chi connectivity index (χ2v) is 14.8. The summed E-state index contributed by atoms with van der Waals surface area (Å²) in [6.45, 7) is 14.6. The van der Waals surface area contributed by atoms with Crippen LogP contribution in [0.4, 0.5) is 0 Å². The molecule has 2 aliphatic rings. The summed E-state index contributed by atoms with van der Waals surface area (Å²) < 4.78 is 18.1. The van der Waals surface area contributed by atoms with E-state index in [9.17, 15) is 4.79 Å². The maximum absolute atomic E-state index is 11.7. The Morgan fingerprint density at radius 3 is 2.04 bits per heavy atom. The summed E-state index contributed by atoms with van der Waals surface area (Å²) in [5, 5.41) is 14.3. The number of benzene rings is 6. The zero-order valence-electron chi connectivity index (χ0n) is 32.7. The molecule has 5 heteroatoms. The topological polar surface area (TPSA) is 65.0 Å². The van der Waals surface area contributed by atoms with Gasteiger partial charge in [-0.15, -0.1) is 0 Å². The van der Waals surface area contributed by atoms with Gasteiger partial charge in [0.15, 0.2) is 12.1 Å². The third-order valence-corrected chi connectivity index (χ3v) is 11.1. The Morgan fingerprint density at radius 2 is 1.35 bits per heavy atom. The van der Waals surface area contributed by atoms with Crippen LogP contribution in [0.15, 0.2) is 121 Å². The molecule has 0 fully saturated rings. The molecule has 0 spiro atoms. The summed E-state index contributed by atoms with van der Waals surface area (Å²) in [5.74, 6) is 3.24. The Kier molecular flexibility index (Phi) is 12.4. The number of hydrogen-bond acceptors (Lipinski definition) is 5. The number of aromatic hydroxyl groups is 1. The number of fused-ring (bicyclic) bond motifs is 3. The van der Waals surface area contributed by atoms with Crippen LogP contribution in [0.5, 0.6) is 17.2 Å². The number of para-hydroxylation sites is 1. The number of ether oxygens (including phenoxy) is 3. The van der Waals surface area contributed by atoms with Crippen molar-refractivity contribution in [2.24, 2.45) is 5.92 Å². The lowest BCUT2D eigenvalue weighted by molar-refractivity contribution is -0.107. The second kappa shape index (κ2) is 17.3. The zero-order chi connectivity index (χ0) is 38.4. The molecule has 0 bridgehead atoms. The maximum Gasteiger partial charge on any atom is 0.197 e. The molecule has 0 saturated heterocycles. The van der Waals surface area contributed by atoms with Crippen molar-refractivity contribution in [1.29, 1.82) is 0 Å². The molecule has 0 radical (unpaired) electrons. The highest BCUT2D eigenvalue weighted by Gasteiger charge is 2.31. The Bertz CT molecular complexity index is 2170. The molecule has 0 aromatic heterocycles. The molecule has 0 saturated carbocycles. The Labute approximate surface area is 320 Å². The predicted octanol–water partition coefficient (Wildman–Crippen LogP) is 12.7. The standard InChI is InChI=1S/C28H28O2.C11H12O2.C10H14O/c1-4-18(2)20-12-14-23(15-13-20)29-19(3)30-27-17-22-16-21-8-5-6-9-24(21)25-10-7-11-26(27)28(22)25;1-7-8(2)13-10-6-4-3-5-9(10)11(7)12;1-3-8(2)9-4-6-10(11)7-5-9/h5-16,18-19,27H,4,17H2,1-3H3;3-8H,1-2H3;4-8,11H,3H2,1-2H3. The van der Waals surface area contributed by atoms with Crippen LogP contribution >= 0.6 is 0 Å². The molecule has 1 aliphatic heterocycles. The molecular weight excluding hydrogens is 669 g/mol. The van der Waals surface area contributed by atoms with Crippen LogP contribution in [0.1, 0.15) is 112 Å². The SMILES string of the molecule is CC1Oc2ccccc2C(=O)C1C.CCC(C)c1ccc(O)cc1.CCC(C)c1ccc(OC(C)OC2Cc3cc4ccccc4c4cccc2c34)cc1. The molecule has 1 N–H and O–H groups in total. The minimum absolute atomic E-state index is 0.0117. The number of Topliss-reactive ketones (excluding diaryl/α,β-unsaturated/α-hetero) is 1. The number of hydrogen-bond donors (Lipinski definition) is 1. The number of carbonyl (C=O) groups excluding carboxylic acids is 1. The molecule has 1 aliphatic carbocycles. The van der Waals surface area contributed by atoms with E-state index in [2.05, 4.69) is 100 Å². The fraction of sp³-hybridized carbons (Fsp3) is 0.327. The van der Waals surface area contributed by atoms with Gasteiger partial charge in [-0.05, 0) is 119 Å². The van der Waals surface area contributed by atoms with E-state index in [4.69, 9.17) is 19.3 Å². The van der Waals surface area contributed by atoms with Crippen LogP contribution in [0, 0.1) is 5.92 Å². The van der Waals surface area contributed by atoms with E-state index >= 15 is 0 Å². The first-order valence-electron chi connectivity index (χ1n) is 19.5. The van der Waals surface area contributed by atoms with Crippen LogP contribution in [-0.4, -0.2) is 23.3 Å². The average molecular weight is 723 g/mol. The fourth-order valence-corrected chi connectivity index (χ4v) is 7.28. The van der Waals surface area contributed by atoms with Crippen molar-refractivity contribution in [3.8, 4) is 17.2 Å². The molecule has 0 amide bonds. The lowest BCUT2D eigenvalue weighted by atomic mass is 9.92. The van der Waals surface area contributed by atoms with Gasteiger partial charge in [-0.3, -0.25) is 4.79 Å². The largest absolute Gasteiger partial charge is 0.508 e. The molecule has 54 heavy (non-hydrogen) atoms. The minimum atomic E-state index is -0.316. The lowest BCUT2D eigenvalue weighted by Gasteiger charge is -2.27. The molecule has 5 nitrogen and oxygen atoms in total. The highest BCUT2D eigenvalue weighted by Crippen LogP contribution is 2.42. The molecule has 8 rings (SSSR count). The van der Waals surface area contributed by atoms with Gasteiger partial charge in [0.1, 0.15) is 23.4 Å². The first-order chi connectivity index (χ1) is 26.1. The van der Waals surface area contributed by atoms with Crippen molar-refractivity contribution in [3.05, 3.63) is 149 Å². The van der Waals surface area contributed by atoms with E-state index in [-0.39, 0.29) is 30.2 Å². The van der Waals surface area contributed by atoms with Gasteiger partial charge in [0.2, 0.25) is 0 Å². The van der Waals surface area contributed by atoms with E-state index in [0.29, 0.717) is 23.1 Å². The van der Waals surface area contributed by atoms with E-state index in [1.807, 2.05) is 57.2 Å². The highest BCUT2D eigenvalue weighted by atomic mass is 16.7. The van der Waals surface area contributed by atoms with Gasteiger partial charge in [0.25, 0.3) is 0 Å². The highest BCUT2D eigenvalue weighted by molar-refractivity contribution is 6.11. The van der Waals surface area contributed by atoms with Crippen molar-refractivity contribution >= 4 is 27.3 Å². The van der Waals surface area contributed by atoms with E-state index in [0.717, 1.165) is 30.8 Å². The zero-order valence-corrected chi connectivity index (χ0v) is 32.7. The second-order valence-electron chi connectivity index (χ2n) is 14.8. The van der Waals surface area contributed by atoms with Crippen molar-refractivity contribution in [2.75, 3.05) is 0 Å². The van der Waals surface area contributed by atoms with Gasteiger partial charge in [-0.25, -0.2) is 0 Å². The molecule has 6 aromatic rings. The third-order valence-electron chi connectivity index (χ3n) is 11.1. The maximum atomic E-state index is 11.7. The number of rotatable bonds is 8.